The Morgan fingerprint density at radius 1 is 1.21 bits per heavy atom. The van der Waals surface area contributed by atoms with Crippen molar-refractivity contribution in [3.8, 4) is 5.75 Å². The standard InChI is InChI=1S/C15H14FNO2/c1-2-10-3-6-12(7-4-10)17-15(19)13-8-5-11(16)9-14(13)18/h3-9,18H,2H2,1H3,(H,17,19). The van der Waals surface area contributed by atoms with Gasteiger partial charge in [-0.05, 0) is 36.2 Å². The van der Waals surface area contributed by atoms with Crippen LogP contribution in [-0.2, 0) is 6.42 Å². The quantitative estimate of drug-likeness (QED) is 0.888. The van der Waals surface area contributed by atoms with Crippen molar-refractivity contribution in [1.82, 2.24) is 0 Å². The first-order valence-electron chi connectivity index (χ1n) is 5.99. The predicted molar refractivity (Wildman–Crippen MR) is 71.8 cm³/mol. The number of nitrogens with one attached hydrogen (secondary N) is 1. The van der Waals surface area contributed by atoms with Crippen molar-refractivity contribution in [3.63, 3.8) is 0 Å². The first-order valence-corrected chi connectivity index (χ1v) is 5.99. The molecular weight excluding hydrogens is 245 g/mol. The number of halogens is 1. The highest BCUT2D eigenvalue weighted by atomic mass is 19.1. The molecule has 0 spiro atoms. The molecule has 19 heavy (non-hydrogen) atoms. The summed E-state index contributed by atoms with van der Waals surface area (Å²) in [5.41, 5.74) is 1.84. The number of hydrogen-bond acceptors (Lipinski definition) is 2. The largest absolute Gasteiger partial charge is 0.507 e. The Bertz CT molecular complexity index is 594. The number of aromatic hydroxyl groups is 1. The third kappa shape index (κ3) is 3.10. The maximum absolute atomic E-state index is 12.8. The van der Waals surface area contributed by atoms with Gasteiger partial charge < -0.3 is 10.4 Å². The van der Waals surface area contributed by atoms with Crippen molar-refractivity contribution in [3.05, 3.63) is 59.4 Å². The lowest BCUT2D eigenvalue weighted by Gasteiger charge is -2.07. The van der Waals surface area contributed by atoms with Crippen LogP contribution in [0.4, 0.5) is 10.1 Å². The van der Waals surface area contributed by atoms with Crippen molar-refractivity contribution in [1.29, 1.82) is 0 Å². The van der Waals surface area contributed by atoms with Gasteiger partial charge in [-0.2, -0.15) is 0 Å². The maximum Gasteiger partial charge on any atom is 0.259 e. The van der Waals surface area contributed by atoms with Gasteiger partial charge in [0.15, 0.2) is 0 Å². The summed E-state index contributed by atoms with van der Waals surface area (Å²) in [6.45, 7) is 2.05. The molecule has 2 rings (SSSR count). The smallest absolute Gasteiger partial charge is 0.259 e. The molecule has 0 aliphatic heterocycles. The fraction of sp³-hybridized carbons (Fsp3) is 0.133. The summed E-state index contributed by atoms with van der Waals surface area (Å²) in [6, 6.07) is 10.7. The number of carbonyl (C=O) groups excluding carboxylic acids is 1. The van der Waals surface area contributed by atoms with E-state index in [1.165, 1.54) is 11.6 Å². The molecule has 3 nitrogen and oxygen atoms in total. The Labute approximate surface area is 110 Å². The summed E-state index contributed by atoms with van der Waals surface area (Å²) in [4.78, 5) is 11.9. The van der Waals surface area contributed by atoms with E-state index in [9.17, 15) is 14.3 Å². The Balaban J connectivity index is 2.15. The van der Waals surface area contributed by atoms with E-state index in [2.05, 4.69) is 5.32 Å². The summed E-state index contributed by atoms with van der Waals surface area (Å²) in [7, 11) is 0. The molecule has 0 saturated heterocycles. The monoisotopic (exact) mass is 259 g/mol. The molecule has 0 atom stereocenters. The van der Waals surface area contributed by atoms with Crippen LogP contribution in [0.3, 0.4) is 0 Å². The lowest BCUT2D eigenvalue weighted by atomic mass is 10.1. The summed E-state index contributed by atoms with van der Waals surface area (Å²) in [5.74, 6) is -1.43. The molecule has 0 aromatic heterocycles. The molecule has 0 aliphatic rings. The fourth-order valence-corrected chi connectivity index (χ4v) is 1.72. The van der Waals surface area contributed by atoms with Crippen LogP contribution >= 0.6 is 0 Å². The van der Waals surface area contributed by atoms with E-state index in [0.717, 1.165) is 18.6 Å². The van der Waals surface area contributed by atoms with Crippen molar-refractivity contribution >= 4 is 11.6 Å². The van der Waals surface area contributed by atoms with Gasteiger partial charge in [-0.15, -0.1) is 0 Å². The van der Waals surface area contributed by atoms with Gasteiger partial charge in [-0.3, -0.25) is 4.79 Å². The van der Waals surface area contributed by atoms with Gasteiger partial charge >= 0.3 is 0 Å². The average Bonchev–Trinajstić information content (AvgIpc) is 2.39. The van der Waals surface area contributed by atoms with Crippen LogP contribution in [-0.4, -0.2) is 11.0 Å². The first kappa shape index (κ1) is 13.1. The van der Waals surface area contributed by atoms with Gasteiger partial charge in [0.05, 0.1) is 5.56 Å². The topological polar surface area (TPSA) is 49.3 Å². The fourth-order valence-electron chi connectivity index (χ4n) is 1.72. The van der Waals surface area contributed by atoms with Crippen LogP contribution in [0.15, 0.2) is 42.5 Å². The van der Waals surface area contributed by atoms with Gasteiger partial charge in [-0.1, -0.05) is 19.1 Å². The van der Waals surface area contributed by atoms with E-state index >= 15 is 0 Å². The molecule has 98 valence electrons. The Morgan fingerprint density at radius 3 is 2.47 bits per heavy atom. The molecule has 0 heterocycles. The van der Waals surface area contributed by atoms with Gasteiger partial charge in [-0.25, -0.2) is 4.39 Å². The van der Waals surface area contributed by atoms with E-state index in [1.807, 2.05) is 19.1 Å². The van der Waals surface area contributed by atoms with Crippen molar-refractivity contribution in [2.75, 3.05) is 5.32 Å². The zero-order valence-corrected chi connectivity index (χ0v) is 10.5. The summed E-state index contributed by atoms with van der Waals surface area (Å²) in [5, 5.41) is 12.2. The number of amides is 1. The van der Waals surface area contributed by atoms with Crippen LogP contribution in [0.25, 0.3) is 0 Å². The van der Waals surface area contributed by atoms with E-state index < -0.39 is 11.7 Å². The van der Waals surface area contributed by atoms with E-state index in [0.29, 0.717) is 5.69 Å². The minimum Gasteiger partial charge on any atom is -0.507 e. The zero-order chi connectivity index (χ0) is 13.8. The molecule has 0 unspecified atom stereocenters. The van der Waals surface area contributed by atoms with Crippen LogP contribution in [0, 0.1) is 5.82 Å². The van der Waals surface area contributed by atoms with E-state index in [1.54, 1.807) is 12.1 Å². The average molecular weight is 259 g/mol. The lowest BCUT2D eigenvalue weighted by Crippen LogP contribution is -2.12. The number of phenolic OH excluding ortho intramolecular Hbond substituents is 1. The van der Waals surface area contributed by atoms with Crippen LogP contribution < -0.4 is 5.32 Å². The number of anilines is 1. The zero-order valence-electron chi connectivity index (χ0n) is 10.5. The van der Waals surface area contributed by atoms with Crippen molar-refractivity contribution in [2.45, 2.75) is 13.3 Å². The van der Waals surface area contributed by atoms with Gasteiger partial charge in [0.1, 0.15) is 11.6 Å². The molecule has 2 aromatic carbocycles. The van der Waals surface area contributed by atoms with Gasteiger partial charge in [0.25, 0.3) is 5.91 Å². The van der Waals surface area contributed by atoms with Gasteiger partial charge in [0, 0.05) is 11.8 Å². The molecule has 1 amide bonds. The highest BCUT2D eigenvalue weighted by Gasteiger charge is 2.11. The van der Waals surface area contributed by atoms with Crippen molar-refractivity contribution < 1.29 is 14.3 Å². The Hall–Kier alpha value is -2.36. The SMILES string of the molecule is CCc1ccc(NC(=O)c2ccc(F)cc2O)cc1. The first-order chi connectivity index (χ1) is 9.10. The maximum atomic E-state index is 12.8. The Kier molecular flexibility index (Phi) is 3.80. The van der Waals surface area contributed by atoms with E-state index in [4.69, 9.17) is 0 Å². The van der Waals surface area contributed by atoms with Crippen molar-refractivity contribution in [2.24, 2.45) is 0 Å². The summed E-state index contributed by atoms with van der Waals surface area (Å²) in [6.07, 6.45) is 0.924. The molecule has 0 bridgehead atoms. The summed E-state index contributed by atoms with van der Waals surface area (Å²) < 4.78 is 12.8. The van der Waals surface area contributed by atoms with Crippen LogP contribution in [0.2, 0.25) is 0 Å². The highest BCUT2D eigenvalue weighted by Crippen LogP contribution is 2.20. The molecule has 0 fully saturated rings. The second-order valence-electron chi connectivity index (χ2n) is 4.17. The second-order valence-corrected chi connectivity index (χ2v) is 4.17. The third-order valence-electron chi connectivity index (χ3n) is 2.82. The molecule has 0 saturated carbocycles. The van der Waals surface area contributed by atoms with Crippen LogP contribution in [0.5, 0.6) is 5.75 Å². The normalized spacial score (nSPS) is 10.2. The molecule has 0 aliphatic carbocycles. The minimum absolute atomic E-state index is 0.0426. The molecular formula is C15H14FNO2. The molecule has 0 radical (unpaired) electrons. The minimum atomic E-state index is -0.582. The number of benzene rings is 2. The molecule has 2 aromatic rings. The second kappa shape index (κ2) is 5.52. The molecule has 4 heteroatoms. The highest BCUT2D eigenvalue weighted by molar-refractivity contribution is 6.06. The number of carbonyl (C=O) groups is 1. The predicted octanol–water partition coefficient (Wildman–Crippen LogP) is 3.35. The Morgan fingerprint density at radius 2 is 1.89 bits per heavy atom. The van der Waals surface area contributed by atoms with Gasteiger partial charge in [0.2, 0.25) is 0 Å². The number of rotatable bonds is 3. The lowest BCUT2D eigenvalue weighted by molar-refractivity contribution is 0.102. The third-order valence-corrected chi connectivity index (χ3v) is 2.82. The number of aryl methyl sites for hydroxylation is 1. The molecule has 2 N–H and O–H groups in total. The van der Waals surface area contributed by atoms with E-state index in [-0.39, 0.29) is 11.3 Å². The van der Waals surface area contributed by atoms with Crippen LogP contribution in [0.1, 0.15) is 22.8 Å². The summed E-state index contributed by atoms with van der Waals surface area (Å²) >= 11 is 0. The number of hydrogen-bond donors (Lipinski definition) is 2. The number of phenols is 1.